The molecular formula is C16H17NO4. The van der Waals surface area contributed by atoms with Crippen LogP contribution in [0.2, 0.25) is 0 Å². The molecule has 0 radical (unpaired) electrons. The van der Waals surface area contributed by atoms with E-state index in [0.717, 1.165) is 11.3 Å². The number of benzene rings is 1. The summed E-state index contributed by atoms with van der Waals surface area (Å²) >= 11 is 0. The van der Waals surface area contributed by atoms with E-state index in [0.29, 0.717) is 24.7 Å². The zero-order valence-corrected chi connectivity index (χ0v) is 12.0. The molecule has 1 aromatic heterocycles. The van der Waals surface area contributed by atoms with Gasteiger partial charge in [0.05, 0.1) is 19.3 Å². The normalized spacial score (nSPS) is 10.0. The molecule has 0 saturated carbocycles. The smallest absolute Gasteiger partial charge is 0.338 e. The van der Waals surface area contributed by atoms with Crippen molar-refractivity contribution in [2.45, 2.75) is 13.5 Å². The largest absolute Gasteiger partial charge is 0.497 e. The second-order valence-electron chi connectivity index (χ2n) is 4.24. The minimum atomic E-state index is -0.380. The van der Waals surface area contributed by atoms with Crippen LogP contribution in [-0.4, -0.2) is 24.7 Å². The number of carbonyl (C=O) groups is 1. The van der Waals surface area contributed by atoms with E-state index in [4.69, 9.17) is 14.2 Å². The van der Waals surface area contributed by atoms with Gasteiger partial charge in [0.2, 0.25) is 5.88 Å². The van der Waals surface area contributed by atoms with E-state index in [1.165, 1.54) is 6.20 Å². The second-order valence-corrected chi connectivity index (χ2v) is 4.24. The maximum Gasteiger partial charge on any atom is 0.338 e. The van der Waals surface area contributed by atoms with Gasteiger partial charge in [-0.3, -0.25) is 0 Å². The molecule has 1 heterocycles. The van der Waals surface area contributed by atoms with Crippen molar-refractivity contribution in [3.05, 3.63) is 53.7 Å². The number of methoxy groups -OCH3 is 1. The lowest BCUT2D eigenvalue weighted by atomic mass is 10.2. The number of esters is 1. The SMILES string of the molecule is CCOC(=O)c1ccnc(OCc2ccc(OC)cc2)c1. The van der Waals surface area contributed by atoms with Gasteiger partial charge in [-0.25, -0.2) is 9.78 Å². The van der Waals surface area contributed by atoms with E-state index in [-0.39, 0.29) is 5.97 Å². The number of carbonyl (C=O) groups excluding carboxylic acids is 1. The summed E-state index contributed by atoms with van der Waals surface area (Å²) in [6.45, 7) is 2.46. The first-order valence-corrected chi connectivity index (χ1v) is 6.62. The summed E-state index contributed by atoms with van der Waals surface area (Å²) in [5.41, 5.74) is 1.41. The molecule has 0 aliphatic rings. The van der Waals surface area contributed by atoms with Crippen LogP contribution < -0.4 is 9.47 Å². The Balaban J connectivity index is 1.99. The Morgan fingerprint density at radius 3 is 2.62 bits per heavy atom. The van der Waals surface area contributed by atoms with Crippen LogP contribution in [0.25, 0.3) is 0 Å². The maximum absolute atomic E-state index is 11.6. The Morgan fingerprint density at radius 2 is 1.95 bits per heavy atom. The van der Waals surface area contributed by atoms with Crippen LogP contribution in [0.5, 0.6) is 11.6 Å². The van der Waals surface area contributed by atoms with Crippen LogP contribution in [0.3, 0.4) is 0 Å². The van der Waals surface area contributed by atoms with E-state index in [1.54, 1.807) is 26.2 Å². The van der Waals surface area contributed by atoms with Gasteiger partial charge in [-0.15, -0.1) is 0 Å². The van der Waals surface area contributed by atoms with Crippen molar-refractivity contribution in [1.29, 1.82) is 0 Å². The predicted octanol–water partition coefficient (Wildman–Crippen LogP) is 2.85. The molecular weight excluding hydrogens is 270 g/mol. The molecule has 2 rings (SSSR count). The van der Waals surface area contributed by atoms with Crippen LogP contribution in [0.1, 0.15) is 22.8 Å². The second kappa shape index (κ2) is 7.28. The van der Waals surface area contributed by atoms with Crippen molar-refractivity contribution >= 4 is 5.97 Å². The number of nitrogens with zero attached hydrogens (tertiary/aromatic N) is 1. The molecule has 0 saturated heterocycles. The van der Waals surface area contributed by atoms with E-state index in [1.807, 2.05) is 24.3 Å². The maximum atomic E-state index is 11.6. The summed E-state index contributed by atoms with van der Waals surface area (Å²) in [7, 11) is 1.62. The highest BCUT2D eigenvalue weighted by Crippen LogP contribution is 2.15. The molecule has 21 heavy (non-hydrogen) atoms. The number of rotatable bonds is 6. The van der Waals surface area contributed by atoms with E-state index in [9.17, 15) is 4.79 Å². The molecule has 2 aromatic rings. The Kier molecular flexibility index (Phi) is 5.15. The molecule has 0 unspecified atom stereocenters. The molecule has 0 aliphatic heterocycles. The Morgan fingerprint density at radius 1 is 1.19 bits per heavy atom. The zero-order chi connectivity index (χ0) is 15.1. The van der Waals surface area contributed by atoms with Crippen molar-refractivity contribution < 1.29 is 19.0 Å². The number of ether oxygens (including phenoxy) is 3. The van der Waals surface area contributed by atoms with Crippen LogP contribution in [0.4, 0.5) is 0 Å². The molecule has 5 nitrogen and oxygen atoms in total. The highest BCUT2D eigenvalue weighted by molar-refractivity contribution is 5.89. The lowest BCUT2D eigenvalue weighted by molar-refractivity contribution is 0.0525. The molecule has 0 N–H and O–H groups in total. The highest BCUT2D eigenvalue weighted by Gasteiger charge is 2.08. The first kappa shape index (κ1) is 14.8. The predicted molar refractivity (Wildman–Crippen MR) is 77.5 cm³/mol. The summed E-state index contributed by atoms with van der Waals surface area (Å²) in [5.74, 6) is 0.798. The molecule has 110 valence electrons. The van der Waals surface area contributed by atoms with Gasteiger partial charge in [0, 0.05) is 12.3 Å². The summed E-state index contributed by atoms with van der Waals surface area (Å²) < 4.78 is 15.6. The zero-order valence-electron chi connectivity index (χ0n) is 12.0. The van der Waals surface area contributed by atoms with Crippen LogP contribution >= 0.6 is 0 Å². The number of hydrogen-bond acceptors (Lipinski definition) is 5. The number of hydrogen-bond donors (Lipinski definition) is 0. The van der Waals surface area contributed by atoms with Crippen molar-refractivity contribution in [1.82, 2.24) is 4.98 Å². The van der Waals surface area contributed by atoms with E-state index in [2.05, 4.69) is 4.98 Å². The topological polar surface area (TPSA) is 57.7 Å². The lowest BCUT2D eigenvalue weighted by Gasteiger charge is -2.07. The Hall–Kier alpha value is -2.56. The summed E-state index contributed by atoms with van der Waals surface area (Å²) in [4.78, 5) is 15.7. The molecule has 5 heteroatoms. The minimum Gasteiger partial charge on any atom is -0.497 e. The molecule has 0 fully saturated rings. The standard InChI is InChI=1S/C16H17NO4/c1-3-20-16(18)13-8-9-17-15(10-13)21-11-12-4-6-14(19-2)7-5-12/h4-10H,3,11H2,1-2H3. The molecule has 0 spiro atoms. The third-order valence-corrected chi connectivity index (χ3v) is 2.79. The third-order valence-electron chi connectivity index (χ3n) is 2.79. The van der Waals surface area contributed by atoms with E-state index >= 15 is 0 Å². The molecule has 0 aliphatic carbocycles. The summed E-state index contributed by atoms with van der Waals surface area (Å²) in [6.07, 6.45) is 1.52. The lowest BCUT2D eigenvalue weighted by Crippen LogP contribution is -2.05. The minimum absolute atomic E-state index is 0.337. The van der Waals surface area contributed by atoms with Gasteiger partial charge < -0.3 is 14.2 Å². The average molecular weight is 287 g/mol. The first-order chi connectivity index (χ1) is 10.2. The first-order valence-electron chi connectivity index (χ1n) is 6.62. The van der Waals surface area contributed by atoms with Crippen LogP contribution in [0.15, 0.2) is 42.6 Å². The highest BCUT2D eigenvalue weighted by atomic mass is 16.5. The van der Waals surface area contributed by atoms with Crippen molar-refractivity contribution in [3.63, 3.8) is 0 Å². The third kappa shape index (κ3) is 4.21. The van der Waals surface area contributed by atoms with Crippen molar-refractivity contribution in [2.24, 2.45) is 0 Å². The number of aromatic nitrogens is 1. The van der Waals surface area contributed by atoms with Gasteiger partial charge in [0.15, 0.2) is 0 Å². The van der Waals surface area contributed by atoms with E-state index < -0.39 is 0 Å². The summed E-state index contributed by atoms with van der Waals surface area (Å²) in [6, 6.07) is 10.7. The van der Waals surface area contributed by atoms with Crippen molar-refractivity contribution in [2.75, 3.05) is 13.7 Å². The molecule has 0 amide bonds. The fraction of sp³-hybridized carbons (Fsp3) is 0.250. The molecule has 1 aromatic carbocycles. The number of pyridine rings is 1. The van der Waals surface area contributed by atoms with Gasteiger partial charge >= 0.3 is 5.97 Å². The molecule has 0 bridgehead atoms. The van der Waals surface area contributed by atoms with Crippen molar-refractivity contribution in [3.8, 4) is 11.6 Å². The fourth-order valence-electron chi connectivity index (χ4n) is 1.71. The van der Waals surface area contributed by atoms with Crippen LogP contribution in [-0.2, 0) is 11.3 Å². The van der Waals surface area contributed by atoms with Gasteiger partial charge in [-0.2, -0.15) is 0 Å². The Bertz CT molecular complexity index is 595. The summed E-state index contributed by atoms with van der Waals surface area (Å²) in [5, 5.41) is 0. The monoisotopic (exact) mass is 287 g/mol. The fourth-order valence-corrected chi connectivity index (χ4v) is 1.71. The quantitative estimate of drug-likeness (QED) is 0.765. The van der Waals surface area contributed by atoms with Gasteiger partial charge in [0.1, 0.15) is 12.4 Å². The van der Waals surface area contributed by atoms with Gasteiger partial charge in [0.25, 0.3) is 0 Å². The Labute approximate surface area is 123 Å². The average Bonchev–Trinajstić information content (AvgIpc) is 2.54. The van der Waals surface area contributed by atoms with Gasteiger partial charge in [-0.1, -0.05) is 12.1 Å². The van der Waals surface area contributed by atoms with Crippen LogP contribution in [0, 0.1) is 0 Å². The van der Waals surface area contributed by atoms with Gasteiger partial charge in [-0.05, 0) is 30.7 Å². The molecule has 0 atom stereocenters.